The van der Waals surface area contributed by atoms with Crippen molar-refractivity contribution in [3.8, 4) is 17.2 Å². The number of aliphatic imine (C=N–C) groups is 2. The van der Waals surface area contributed by atoms with E-state index < -0.39 is 0 Å². The summed E-state index contributed by atoms with van der Waals surface area (Å²) in [5.41, 5.74) is 9.96. The van der Waals surface area contributed by atoms with Gasteiger partial charge in [-0.05, 0) is 73.0 Å². The van der Waals surface area contributed by atoms with Crippen LogP contribution in [-0.4, -0.2) is 105 Å². The van der Waals surface area contributed by atoms with Crippen molar-refractivity contribution in [1.82, 2.24) is 14.7 Å². The van der Waals surface area contributed by atoms with Gasteiger partial charge in [-0.3, -0.25) is 19.6 Å². The second kappa shape index (κ2) is 15.6. The summed E-state index contributed by atoms with van der Waals surface area (Å²) in [7, 11) is 3.74. The molecule has 0 aliphatic carbocycles. The molecule has 2 atom stereocenters. The van der Waals surface area contributed by atoms with Crippen LogP contribution in [0.5, 0.6) is 17.2 Å². The van der Waals surface area contributed by atoms with Gasteiger partial charge in [-0.15, -0.1) is 0 Å². The lowest BCUT2D eigenvalue weighted by Crippen LogP contribution is -2.44. The number of nitrogens with zero attached hydrogens (tertiary/aromatic N) is 6. The molecule has 0 spiro atoms. The monoisotopic (exact) mass is 776 g/mol. The highest BCUT2D eigenvalue weighted by Crippen LogP contribution is 2.41. The number of ether oxygens (including phenoxy) is 3. The molecule has 2 amide bonds. The highest BCUT2D eigenvalue weighted by Gasteiger charge is 2.35. The minimum absolute atomic E-state index is 0.0626. The van der Waals surface area contributed by atoms with Crippen molar-refractivity contribution in [3.05, 3.63) is 119 Å². The van der Waals surface area contributed by atoms with Crippen molar-refractivity contribution in [2.75, 3.05) is 58.5 Å². The number of fused-ring (bicyclic) bond motifs is 4. The van der Waals surface area contributed by atoms with Crippen LogP contribution in [0.3, 0.4) is 0 Å². The van der Waals surface area contributed by atoms with Gasteiger partial charge in [0.15, 0.2) is 11.5 Å². The van der Waals surface area contributed by atoms with Gasteiger partial charge < -0.3 is 33.8 Å². The van der Waals surface area contributed by atoms with Crippen LogP contribution in [0.15, 0.2) is 95.2 Å². The van der Waals surface area contributed by atoms with Gasteiger partial charge in [0.2, 0.25) is 0 Å². The van der Waals surface area contributed by atoms with Gasteiger partial charge in [-0.2, -0.15) is 0 Å². The molecule has 0 radical (unpaired) electrons. The lowest BCUT2D eigenvalue weighted by Gasteiger charge is -2.34. The van der Waals surface area contributed by atoms with Crippen LogP contribution < -0.4 is 19.1 Å². The molecule has 4 aromatic rings. The number of hydrogen-bond donors (Lipinski definition) is 0. The first-order valence-corrected chi connectivity index (χ1v) is 20.1. The second-order valence-electron chi connectivity index (χ2n) is 15.7. The molecule has 1 fully saturated rings. The van der Waals surface area contributed by atoms with E-state index in [-0.39, 0.29) is 23.9 Å². The Bertz CT molecular complexity index is 2380. The molecule has 58 heavy (non-hydrogen) atoms. The summed E-state index contributed by atoms with van der Waals surface area (Å²) in [5.74, 6) is 1.48. The van der Waals surface area contributed by atoms with Gasteiger partial charge in [-0.1, -0.05) is 42.0 Å². The molecular weight excluding hydrogens is 729 g/mol. The van der Waals surface area contributed by atoms with Crippen molar-refractivity contribution in [1.29, 1.82) is 0 Å². The van der Waals surface area contributed by atoms with Gasteiger partial charge in [0.1, 0.15) is 5.75 Å². The van der Waals surface area contributed by atoms with E-state index in [1.54, 1.807) is 29.0 Å². The Balaban J connectivity index is 0.815. The molecule has 4 aromatic carbocycles. The lowest BCUT2D eigenvalue weighted by atomic mass is 10.0. The van der Waals surface area contributed by atoms with Gasteiger partial charge in [-0.25, -0.2) is 0 Å². The molecule has 0 aromatic heterocycles. The van der Waals surface area contributed by atoms with Crippen LogP contribution in [0.1, 0.15) is 62.2 Å². The summed E-state index contributed by atoms with van der Waals surface area (Å²) in [6, 6.07) is 24.0. The third kappa shape index (κ3) is 7.26. The molecule has 11 heteroatoms. The highest BCUT2D eigenvalue weighted by atomic mass is 16.5. The smallest absolute Gasteiger partial charge is 0.260 e. The third-order valence-electron chi connectivity index (χ3n) is 11.8. The van der Waals surface area contributed by atoms with Gasteiger partial charge >= 0.3 is 0 Å². The highest BCUT2D eigenvalue weighted by molar-refractivity contribution is 6.06. The number of rotatable bonds is 10. The molecule has 0 bridgehead atoms. The van der Waals surface area contributed by atoms with Crippen molar-refractivity contribution in [2.45, 2.75) is 45.2 Å². The average Bonchev–Trinajstić information content (AvgIpc) is 3.82. The van der Waals surface area contributed by atoms with Gasteiger partial charge in [0.25, 0.3) is 11.8 Å². The largest absolute Gasteiger partial charge is 0.493 e. The number of methoxy groups -OCH3 is 1. The number of amides is 2. The van der Waals surface area contributed by atoms with Crippen molar-refractivity contribution >= 4 is 52.5 Å². The molecule has 5 aliphatic heterocycles. The fourth-order valence-corrected chi connectivity index (χ4v) is 8.30. The van der Waals surface area contributed by atoms with Crippen molar-refractivity contribution in [3.63, 3.8) is 0 Å². The number of hydrogen-bond acceptors (Lipinski definition) is 9. The van der Waals surface area contributed by atoms with E-state index in [0.717, 1.165) is 60.4 Å². The van der Waals surface area contributed by atoms with E-state index in [2.05, 4.69) is 72.3 Å². The Labute approximate surface area is 339 Å². The zero-order valence-electron chi connectivity index (χ0n) is 33.5. The molecule has 11 nitrogen and oxygen atoms in total. The Morgan fingerprint density at radius 1 is 0.655 bits per heavy atom. The summed E-state index contributed by atoms with van der Waals surface area (Å²) in [6.45, 7) is 8.93. The zero-order chi connectivity index (χ0) is 39.9. The predicted octanol–water partition coefficient (Wildman–Crippen LogP) is 7.85. The number of aryl methyl sites for hydroxylation is 2. The quantitative estimate of drug-likeness (QED) is 0.151. The van der Waals surface area contributed by atoms with E-state index >= 15 is 0 Å². The Kier molecular flexibility index (Phi) is 10.1. The van der Waals surface area contributed by atoms with Crippen molar-refractivity contribution in [2.24, 2.45) is 9.98 Å². The normalized spacial score (nSPS) is 19.8. The fraction of sp³-hybridized carbons (Fsp3) is 0.319. The van der Waals surface area contributed by atoms with Crippen LogP contribution in [0, 0.1) is 13.8 Å². The van der Waals surface area contributed by atoms with Gasteiger partial charge in [0, 0.05) is 88.1 Å². The Hall–Kier alpha value is -6.20. The summed E-state index contributed by atoms with van der Waals surface area (Å²) < 4.78 is 18.1. The zero-order valence-corrected chi connectivity index (χ0v) is 33.5. The molecule has 0 N–H and O–H groups in total. The van der Waals surface area contributed by atoms with Crippen LogP contribution in [-0.2, 0) is 0 Å². The predicted molar refractivity (Wildman–Crippen MR) is 229 cm³/mol. The molecule has 9 rings (SSSR count). The first kappa shape index (κ1) is 37.4. The number of carbonyl (C=O) groups is 2. The third-order valence-corrected chi connectivity index (χ3v) is 11.8. The summed E-state index contributed by atoms with van der Waals surface area (Å²) >= 11 is 0. The van der Waals surface area contributed by atoms with Crippen LogP contribution in [0.2, 0.25) is 0 Å². The molecule has 1 saturated heterocycles. The number of carbonyl (C=O) groups excluding carboxylic acids is 2. The number of likely N-dealkylation sites (N-methyl/N-ethyl adjacent to an activating group) is 1. The first-order chi connectivity index (χ1) is 28.2. The Morgan fingerprint density at radius 3 is 1.78 bits per heavy atom. The topological polar surface area (TPSA) is 99.5 Å². The standard InChI is InChI=1S/C47H48N6O5/c1-30-6-8-32(9-7-30)34-21-37-26-48-41-24-43(31(2)20-39(41)46(54)52(37)28-34)57-18-5-19-58-45-25-42-40(23-44(45)56-4)47(55)53-29-35(22-38(53)27-49-42)33-10-12-36(13-11-33)51-16-14-50(3)15-17-51/h6-13,20,23-29,37-38H,5,14-19,21-22H2,1-4H3/t37-,38-/m0/s1. The molecular formula is C47H48N6O5. The average molecular weight is 777 g/mol. The van der Waals surface area contributed by atoms with Crippen LogP contribution in [0.25, 0.3) is 11.1 Å². The summed E-state index contributed by atoms with van der Waals surface area (Å²) in [4.78, 5) is 45.5. The van der Waals surface area contributed by atoms with E-state index in [9.17, 15) is 9.59 Å². The van der Waals surface area contributed by atoms with E-state index in [4.69, 9.17) is 24.2 Å². The first-order valence-electron chi connectivity index (χ1n) is 20.1. The minimum atomic E-state index is -0.175. The SMILES string of the molecule is COc1cc2c(cc1OCCCOc1cc3c(cc1C)C(=O)N1C=C(c4ccc(C)cc4)C[C@H]1C=N3)N=C[C@@H]1CC(c3ccc(N4CCN(C)CC4)cc3)=CN1C2=O. The van der Waals surface area contributed by atoms with E-state index in [0.29, 0.717) is 65.8 Å². The fourth-order valence-electron chi connectivity index (χ4n) is 8.30. The molecule has 0 unspecified atom stereocenters. The maximum atomic E-state index is 13.9. The summed E-state index contributed by atoms with van der Waals surface area (Å²) in [5, 5.41) is 0. The summed E-state index contributed by atoms with van der Waals surface area (Å²) in [6.07, 6.45) is 9.66. The van der Waals surface area contributed by atoms with Crippen LogP contribution >= 0.6 is 0 Å². The lowest BCUT2D eigenvalue weighted by molar-refractivity contribution is 0.0809. The number of benzene rings is 4. The minimum Gasteiger partial charge on any atom is -0.493 e. The van der Waals surface area contributed by atoms with E-state index in [1.807, 2.05) is 43.9 Å². The number of piperazine rings is 1. The Morgan fingerprint density at radius 2 is 1.19 bits per heavy atom. The molecule has 5 aliphatic rings. The maximum absolute atomic E-state index is 13.9. The molecule has 0 saturated carbocycles. The van der Waals surface area contributed by atoms with Gasteiger partial charge in [0.05, 0.1) is 54.9 Å². The second-order valence-corrected chi connectivity index (χ2v) is 15.7. The molecule has 5 heterocycles. The van der Waals surface area contributed by atoms with Crippen molar-refractivity contribution < 1.29 is 23.8 Å². The maximum Gasteiger partial charge on any atom is 0.260 e. The number of anilines is 1. The van der Waals surface area contributed by atoms with E-state index in [1.165, 1.54) is 11.3 Å². The van der Waals surface area contributed by atoms with Crippen LogP contribution in [0.4, 0.5) is 17.1 Å². The molecule has 296 valence electrons.